The van der Waals surface area contributed by atoms with Gasteiger partial charge in [-0.1, -0.05) is 11.6 Å². The van der Waals surface area contributed by atoms with Crippen LogP contribution < -0.4 is 0 Å². The molecule has 1 aromatic carbocycles. The summed E-state index contributed by atoms with van der Waals surface area (Å²) in [5.41, 5.74) is 0. The third-order valence-corrected chi connectivity index (χ3v) is 2.13. The van der Waals surface area contributed by atoms with Gasteiger partial charge in [-0.2, -0.15) is 0 Å². The summed E-state index contributed by atoms with van der Waals surface area (Å²) in [6, 6.07) is 1.72. The lowest BCUT2D eigenvalue weighted by atomic mass is 10.1. The maximum Gasteiger partial charge on any atom is 0.169 e. The van der Waals surface area contributed by atoms with Crippen molar-refractivity contribution >= 4 is 22.4 Å². The molecule has 2 rings (SSSR count). The smallest absolute Gasteiger partial charge is 0.169 e. The van der Waals surface area contributed by atoms with Crippen LogP contribution in [0.2, 0.25) is 5.15 Å². The average molecular weight is 218 g/mol. The molecule has 0 unspecified atom stereocenters. The fourth-order valence-electron chi connectivity index (χ4n) is 1.22. The predicted molar refractivity (Wildman–Crippen MR) is 46.6 cm³/mol. The predicted octanol–water partition coefficient (Wildman–Crippen LogP) is 3.31. The maximum atomic E-state index is 13.2. The summed E-state index contributed by atoms with van der Waals surface area (Å²) < 4.78 is 39.1. The Morgan fingerprint density at radius 1 is 1.14 bits per heavy atom. The van der Waals surface area contributed by atoms with Gasteiger partial charge in [-0.15, -0.1) is 0 Å². The molecule has 5 heteroatoms. The molecular formula is C9H3ClF3N. The Bertz CT molecular complexity index is 513. The van der Waals surface area contributed by atoms with Crippen LogP contribution in [0, 0.1) is 17.5 Å². The number of nitrogens with zero attached hydrogens (tertiary/aromatic N) is 1. The van der Waals surface area contributed by atoms with Crippen molar-refractivity contribution in [2.45, 2.75) is 0 Å². The molecule has 0 spiro atoms. The molecule has 1 nitrogen and oxygen atoms in total. The number of pyridine rings is 1. The first-order chi connectivity index (χ1) is 6.61. The second kappa shape index (κ2) is 3.13. The van der Waals surface area contributed by atoms with Crippen molar-refractivity contribution < 1.29 is 13.2 Å². The van der Waals surface area contributed by atoms with Gasteiger partial charge in [-0.05, 0) is 6.07 Å². The molecule has 0 saturated carbocycles. The van der Waals surface area contributed by atoms with Gasteiger partial charge in [0.05, 0.1) is 5.39 Å². The number of aromatic nitrogens is 1. The Balaban J connectivity index is 3.03. The lowest BCUT2D eigenvalue weighted by molar-refractivity contribution is 0.505. The molecule has 0 aliphatic carbocycles. The second-order valence-electron chi connectivity index (χ2n) is 2.68. The van der Waals surface area contributed by atoms with Gasteiger partial charge in [-0.25, -0.2) is 18.2 Å². The van der Waals surface area contributed by atoms with Crippen molar-refractivity contribution in [2.24, 2.45) is 0 Å². The van der Waals surface area contributed by atoms with Crippen molar-refractivity contribution in [3.8, 4) is 0 Å². The van der Waals surface area contributed by atoms with E-state index in [-0.39, 0.29) is 15.9 Å². The molecule has 1 aromatic heterocycles. The number of hydrogen-bond donors (Lipinski definition) is 0. The van der Waals surface area contributed by atoms with Gasteiger partial charge in [0.15, 0.2) is 11.6 Å². The molecule has 1 heterocycles. The summed E-state index contributed by atoms with van der Waals surface area (Å²) in [7, 11) is 0. The van der Waals surface area contributed by atoms with Crippen molar-refractivity contribution in [3.05, 3.63) is 40.9 Å². The Kier molecular flexibility index (Phi) is 2.07. The summed E-state index contributed by atoms with van der Waals surface area (Å²) >= 11 is 5.52. The lowest BCUT2D eigenvalue weighted by Gasteiger charge is -2.02. The van der Waals surface area contributed by atoms with E-state index in [0.29, 0.717) is 6.07 Å². The van der Waals surface area contributed by atoms with E-state index in [4.69, 9.17) is 11.6 Å². The molecule has 0 bridgehead atoms. The van der Waals surface area contributed by atoms with Crippen molar-refractivity contribution in [1.29, 1.82) is 0 Å². The molecule has 0 atom stereocenters. The van der Waals surface area contributed by atoms with Crippen LogP contribution in [0.4, 0.5) is 13.2 Å². The van der Waals surface area contributed by atoms with E-state index in [2.05, 4.69) is 4.98 Å². The van der Waals surface area contributed by atoms with Gasteiger partial charge in [-0.3, -0.25) is 0 Å². The van der Waals surface area contributed by atoms with E-state index in [1.165, 1.54) is 12.3 Å². The number of benzene rings is 1. The van der Waals surface area contributed by atoms with Crippen LogP contribution in [-0.4, -0.2) is 4.98 Å². The summed E-state index contributed by atoms with van der Waals surface area (Å²) in [6.45, 7) is 0. The fourth-order valence-corrected chi connectivity index (χ4v) is 1.46. The molecule has 0 N–H and O–H groups in total. The first-order valence-electron chi connectivity index (χ1n) is 3.69. The van der Waals surface area contributed by atoms with E-state index >= 15 is 0 Å². The first kappa shape index (κ1) is 9.27. The van der Waals surface area contributed by atoms with E-state index < -0.39 is 17.5 Å². The first-order valence-corrected chi connectivity index (χ1v) is 4.07. The maximum absolute atomic E-state index is 13.2. The van der Waals surface area contributed by atoms with Crippen molar-refractivity contribution in [1.82, 2.24) is 4.98 Å². The SMILES string of the molecule is Fc1cc(F)c2ccnc(Cl)c2c1F. The van der Waals surface area contributed by atoms with Crippen LogP contribution in [-0.2, 0) is 0 Å². The number of halogens is 4. The van der Waals surface area contributed by atoms with Crippen LogP contribution in [0.25, 0.3) is 10.8 Å². The van der Waals surface area contributed by atoms with Gasteiger partial charge >= 0.3 is 0 Å². The largest absolute Gasteiger partial charge is 0.244 e. The normalized spacial score (nSPS) is 10.9. The third kappa shape index (κ3) is 1.23. The molecule has 2 aromatic rings. The van der Waals surface area contributed by atoms with Crippen LogP contribution in [0.1, 0.15) is 0 Å². The van der Waals surface area contributed by atoms with E-state index in [1.54, 1.807) is 0 Å². The lowest BCUT2D eigenvalue weighted by Crippen LogP contribution is -1.92. The number of fused-ring (bicyclic) bond motifs is 1. The van der Waals surface area contributed by atoms with E-state index in [0.717, 1.165) is 0 Å². The zero-order chi connectivity index (χ0) is 10.3. The molecule has 0 aliphatic heterocycles. The zero-order valence-corrected chi connectivity index (χ0v) is 7.45. The van der Waals surface area contributed by atoms with Gasteiger partial charge < -0.3 is 0 Å². The molecule has 72 valence electrons. The molecule has 0 fully saturated rings. The number of hydrogen-bond acceptors (Lipinski definition) is 1. The third-order valence-electron chi connectivity index (χ3n) is 1.84. The average Bonchev–Trinajstić information content (AvgIpc) is 2.14. The molecule has 0 aliphatic rings. The highest BCUT2D eigenvalue weighted by atomic mass is 35.5. The van der Waals surface area contributed by atoms with Gasteiger partial charge in [0.25, 0.3) is 0 Å². The minimum Gasteiger partial charge on any atom is -0.244 e. The van der Waals surface area contributed by atoms with E-state index in [9.17, 15) is 13.2 Å². The van der Waals surface area contributed by atoms with Gasteiger partial charge in [0, 0.05) is 17.6 Å². The monoisotopic (exact) mass is 217 g/mol. The van der Waals surface area contributed by atoms with Crippen LogP contribution >= 0.6 is 11.6 Å². The summed E-state index contributed by atoms with van der Waals surface area (Å²) in [4.78, 5) is 3.54. The minimum atomic E-state index is -1.27. The highest BCUT2D eigenvalue weighted by molar-refractivity contribution is 6.34. The molecular weight excluding hydrogens is 215 g/mol. The quantitative estimate of drug-likeness (QED) is 0.487. The number of rotatable bonds is 0. The molecule has 0 radical (unpaired) electrons. The molecule has 14 heavy (non-hydrogen) atoms. The van der Waals surface area contributed by atoms with Crippen molar-refractivity contribution in [2.75, 3.05) is 0 Å². The van der Waals surface area contributed by atoms with Crippen LogP contribution in [0.15, 0.2) is 18.3 Å². The van der Waals surface area contributed by atoms with Crippen molar-refractivity contribution in [3.63, 3.8) is 0 Å². The fraction of sp³-hybridized carbons (Fsp3) is 0. The Labute approximate surface area is 82.1 Å². The Morgan fingerprint density at radius 3 is 2.57 bits per heavy atom. The second-order valence-corrected chi connectivity index (χ2v) is 3.04. The van der Waals surface area contributed by atoms with Gasteiger partial charge in [0.2, 0.25) is 0 Å². The van der Waals surface area contributed by atoms with Crippen LogP contribution in [0.3, 0.4) is 0 Å². The molecule has 0 amide bonds. The van der Waals surface area contributed by atoms with Gasteiger partial charge in [0.1, 0.15) is 11.0 Å². The minimum absolute atomic E-state index is 0.0797. The Morgan fingerprint density at radius 2 is 1.86 bits per heavy atom. The highest BCUT2D eigenvalue weighted by Crippen LogP contribution is 2.27. The summed E-state index contributed by atoms with van der Waals surface area (Å²) in [5.74, 6) is -3.31. The standard InChI is InChI=1S/C9H3ClF3N/c10-9-7-4(1-2-14-9)5(11)3-6(12)8(7)13/h1-3H. The molecule has 0 saturated heterocycles. The van der Waals surface area contributed by atoms with Crippen LogP contribution in [0.5, 0.6) is 0 Å². The topological polar surface area (TPSA) is 12.9 Å². The summed E-state index contributed by atoms with van der Waals surface area (Å²) in [5, 5.41) is -0.658. The highest BCUT2D eigenvalue weighted by Gasteiger charge is 2.14. The summed E-state index contributed by atoms with van der Waals surface area (Å²) in [6.07, 6.45) is 1.23. The Hall–Kier alpha value is -1.29. The zero-order valence-electron chi connectivity index (χ0n) is 6.69. The van der Waals surface area contributed by atoms with E-state index in [1.807, 2.05) is 0 Å².